The summed E-state index contributed by atoms with van der Waals surface area (Å²) in [6.45, 7) is 4.99. The van der Waals surface area contributed by atoms with Crippen LogP contribution in [0.4, 0.5) is 4.39 Å². The van der Waals surface area contributed by atoms with Crippen LogP contribution in [0.25, 0.3) is 0 Å². The van der Waals surface area contributed by atoms with Crippen LogP contribution in [0.15, 0.2) is 36.5 Å². The first-order valence-corrected chi connectivity index (χ1v) is 6.80. The topological polar surface area (TPSA) is 34.2 Å². The molecule has 0 bridgehead atoms. The highest BCUT2D eigenvalue weighted by Crippen LogP contribution is 2.29. The molecule has 0 aliphatic carbocycles. The predicted molar refractivity (Wildman–Crippen MR) is 77.8 cm³/mol. The Morgan fingerprint density at radius 2 is 2.15 bits per heavy atom. The van der Waals surface area contributed by atoms with Gasteiger partial charge in [0.25, 0.3) is 0 Å². The van der Waals surface area contributed by atoms with Gasteiger partial charge < -0.3 is 10.1 Å². The zero-order valence-corrected chi connectivity index (χ0v) is 12.1. The van der Waals surface area contributed by atoms with Crippen molar-refractivity contribution in [1.29, 1.82) is 0 Å². The van der Waals surface area contributed by atoms with Crippen LogP contribution in [0.2, 0.25) is 5.02 Å². The van der Waals surface area contributed by atoms with Crippen molar-refractivity contribution in [3.8, 4) is 11.6 Å². The highest BCUT2D eigenvalue weighted by molar-refractivity contribution is 6.32. The number of halogens is 2. The lowest BCUT2D eigenvalue weighted by Gasteiger charge is -2.13. The van der Waals surface area contributed by atoms with Gasteiger partial charge in [0.1, 0.15) is 11.6 Å². The Morgan fingerprint density at radius 3 is 2.85 bits per heavy atom. The minimum Gasteiger partial charge on any atom is -0.437 e. The molecule has 1 unspecified atom stereocenters. The van der Waals surface area contributed by atoms with E-state index in [0.717, 1.165) is 12.1 Å². The standard InChI is InChI=1S/C15H16ClFN2O/c1-3-18-10(2)11-6-7-19-15(8-11)20-14-5-4-12(17)9-13(14)16/h4-10,18H,3H2,1-2H3. The van der Waals surface area contributed by atoms with E-state index in [-0.39, 0.29) is 11.1 Å². The molecule has 2 rings (SSSR count). The molecule has 0 spiro atoms. The Bertz CT molecular complexity index is 592. The van der Waals surface area contributed by atoms with E-state index >= 15 is 0 Å². The molecule has 20 heavy (non-hydrogen) atoms. The van der Waals surface area contributed by atoms with Gasteiger partial charge in [0, 0.05) is 18.3 Å². The van der Waals surface area contributed by atoms with Gasteiger partial charge in [-0.05, 0) is 43.3 Å². The summed E-state index contributed by atoms with van der Waals surface area (Å²) in [5.74, 6) is 0.416. The van der Waals surface area contributed by atoms with E-state index in [9.17, 15) is 4.39 Å². The molecule has 0 fully saturated rings. The first-order valence-electron chi connectivity index (χ1n) is 6.42. The van der Waals surface area contributed by atoms with Crippen LogP contribution >= 0.6 is 11.6 Å². The first-order chi connectivity index (χ1) is 9.60. The summed E-state index contributed by atoms with van der Waals surface area (Å²) in [5, 5.41) is 3.53. The monoisotopic (exact) mass is 294 g/mol. The van der Waals surface area contributed by atoms with Crippen LogP contribution in [0, 0.1) is 5.82 Å². The molecule has 5 heteroatoms. The van der Waals surface area contributed by atoms with Crippen LogP contribution < -0.4 is 10.1 Å². The van der Waals surface area contributed by atoms with E-state index < -0.39 is 5.82 Å². The molecule has 0 saturated heterocycles. The average molecular weight is 295 g/mol. The zero-order valence-electron chi connectivity index (χ0n) is 11.4. The molecule has 1 aromatic carbocycles. The molecule has 1 heterocycles. The molecule has 106 valence electrons. The molecule has 0 aliphatic rings. The van der Waals surface area contributed by atoms with Crippen LogP contribution in [-0.4, -0.2) is 11.5 Å². The number of ether oxygens (including phenoxy) is 1. The largest absolute Gasteiger partial charge is 0.437 e. The quantitative estimate of drug-likeness (QED) is 0.891. The normalized spacial score (nSPS) is 12.2. The fourth-order valence-electron chi connectivity index (χ4n) is 1.84. The van der Waals surface area contributed by atoms with Crippen molar-refractivity contribution < 1.29 is 9.13 Å². The fraction of sp³-hybridized carbons (Fsp3) is 0.267. The molecule has 0 amide bonds. The lowest BCUT2D eigenvalue weighted by molar-refractivity contribution is 0.459. The van der Waals surface area contributed by atoms with Crippen LogP contribution in [0.3, 0.4) is 0 Å². The lowest BCUT2D eigenvalue weighted by atomic mass is 10.1. The molecule has 0 saturated carbocycles. The second-order valence-corrected chi connectivity index (χ2v) is 4.79. The third-order valence-electron chi connectivity index (χ3n) is 2.88. The third kappa shape index (κ3) is 3.68. The number of hydrogen-bond acceptors (Lipinski definition) is 3. The Balaban J connectivity index is 2.19. The summed E-state index contributed by atoms with van der Waals surface area (Å²) < 4.78 is 18.6. The molecular weight excluding hydrogens is 279 g/mol. The van der Waals surface area contributed by atoms with Gasteiger partial charge in [-0.3, -0.25) is 0 Å². The second kappa shape index (κ2) is 6.68. The van der Waals surface area contributed by atoms with Gasteiger partial charge in [0.15, 0.2) is 0 Å². The van der Waals surface area contributed by atoms with Crippen molar-refractivity contribution >= 4 is 11.6 Å². The molecular formula is C15H16ClFN2O. The Labute approximate surface area is 122 Å². The maximum atomic E-state index is 13.0. The van der Waals surface area contributed by atoms with Gasteiger partial charge in [-0.1, -0.05) is 18.5 Å². The van der Waals surface area contributed by atoms with E-state index in [2.05, 4.69) is 17.2 Å². The smallest absolute Gasteiger partial charge is 0.219 e. The van der Waals surface area contributed by atoms with E-state index in [4.69, 9.17) is 16.3 Å². The summed E-state index contributed by atoms with van der Waals surface area (Å²) in [4.78, 5) is 4.14. The van der Waals surface area contributed by atoms with Gasteiger partial charge in [-0.2, -0.15) is 0 Å². The minimum absolute atomic E-state index is 0.203. The maximum absolute atomic E-state index is 13.0. The van der Waals surface area contributed by atoms with Gasteiger partial charge >= 0.3 is 0 Å². The Hall–Kier alpha value is -1.65. The highest BCUT2D eigenvalue weighted by atomic mass is 35.5. The summed E-state index contributed by atoms with van der Waals surface area (Å²) >= 11 is 5.93. The first kappa shape index (κ1) is 14.8. The lowest BCUT2D eigenvalue weighted by Crippen LogP contribution is -2.17. The van der Waals surface area contributed by atoms with Crippen LogP contribution in [0.5, 0.6) is 11.6 Å². The van der Waals surface area contributed by atoms with E-state index in [1.807, 2.05) is 19.1 Å². The highest BCUT2D eigenvalue weighted by Gasteiger charge is 2.08. The van der Waals surface area contributed by atoms with Crippen molar-refractivity contribution in [3.05, 3.63) is 52.9 Å². The fourth-order valence-corrected chi connectivity index (χ4v) is 2.05. The Kier molecular flexibility index (Phi) is 4.93. The van der Waals surface area contributed by atoms with Crippen molar-refractivity contribution in [2.24, 2.45) is 0 Å². The van der Waals surface area contributed by atoms with Crippen molar-refractivity contribution in [2.75, 3.05) is 6.54 Å². The Morgan fingerprint density at radius 1 is 1.35 bits per heavy atom. The number of rotatable bonds is 5. The molecule has 1 atom stereocenters. The van der Waals surface area contributed by atoms with Gasteiger partial charge in [0.2, 0.25) is 5.88 Å². The molecule has 3 nitrogen and oxygen atoms in total. The summed E-state index contributed by atoms with van der Waals surface area (Å²) in [6.07, 6.45) is 1.68. The second-order valence-electron chi connectivity index (χ2n) is 4.38. The van der Waals surface area contributed by atoms with Crippen LogP contribution in [-0.2, 0) is 0 Å². The van der Waals surface area contributed by atoms with Crippen LogP contribution in [0.1, 0.15) is 25.5 Å². The van der Waals surface area contributed by atoms with Crippen molar-refractivity contribution in [2.45, 2.75) is 19.9 Å². The number of aromatic nitrogens is 1. The SMILES string of the molecule is CCNC(C)c1ccnc(Oc2ccc(F)cc2Cl)c1. The number of nitrogens with one attached hydrogen (secondary N) is 1. The van der Waals surface area contributed by atoms with E-state index in [1.165, 1.54) is 18.2 Å². The molecule has 0 aliphatic heterocycles. The minimum atomic E-state index is -0.398. The van der Waals surface area contributed by atoms with Gasteiger partial charge in [-0.15, -0.1) is 0 Å². The predicted octanol–water partition coefficient (Wildman–Crippen LogP) is 4.34. The zero-order chi connectivity index (χ0) is 14.5. The van der Waals surface area contributed by atoms with Gasteiger partial charge in [0.05, 0.1) is 5.02 Å². The van der Waals surface area contributed by atoms with Gasteiger partial charge in [-0.25, -0.2) is 9.37 Å². The van der Waals surface area contributed by atoms with Crippen molar-refractivity contribution in [3.63, 3.8) is 0 Å². The molecule has 1 aromatic heterocycles. The molecule has 1 N–H and O–H groups in total. The van der Waals surface area contributed by atoms with E-state index in [0.29, 0.717) is 11.6 Å². The average Bonchev–Trinajstić information content (AvgIpc) is 2.43. The van der Waals surface area contributed by atoms with Crippen molar-refractivity contribution in [1.82, 2.24) is 10.3 Å². The number of hydrogen-bond donors (Lipinski definition) is 1. The third-order valence-corrected chi connectivity index (χ3v) is 3.17. The number of nitrogens with zero attached hydrogens (tertiary/aromatic N) is 1. The molecule has 0 radical (unpaired) electrons. The number of pyridine rings is 1. The summed E-state index contributed by atoms with van der Waals surface area (Å²) in [5.41, 5.74) is 1.06. The molecule has 2 aromatic rings. The maximum Gasteiger partial charge on any atom is 0.219 e. The summed E-state index contributed by atoms with van der Waals surface area (Å²) in [7, 11) is 0. The number of benzene rings is 1. The summed E-state index contributed by atoms with van der Waals surface area (Å²) in [6, 6.07) is 7.96. The van der Waals surface area contributed by atoms with E-state index in [1.54, 1.807) is 6.20 Å².